The number of benzene rings is 1. The molecular formula is C17H15BrN2O5. The van der Waals surface area contributed by atoms with Gasteiger partial charge in [-0.15, -0.1) is 0 Å². The third kappa shape index (κ3) is 4.03. The van der Waals surface area contributed by atoms with E-state index in [2.05, 4.69) is 21.2 Å². The number of carbonyl (C=O) groups excluding carboxylic acids is 1. The van der Waals surface area contributed by atoms with Crippen molar-refractivity contribution in [2.24, 2.45) is 0 Å². The predicted molar refractivity (Wildman–Crippen MR) is 95.5 cm³/mol. The molecule has 3 aromatic rings. The van der Waals surface area contributed by atoms with Gasteiger partial charge in [-0.1, -0.05) is 0 Å². The van der Waals surface area contributed by atoms with E-state index >= 15 is 0 Å². The van der Waals surface area contributed by atoms with E-state index in [1.165, 1.54) is 10.6 Å². The zero-order valence-corrected chi connectivity index (χ0v) is 14.9. The number of methoxy groups -OCH3 is 1. The number of hydrogen-bond donors (Lipinski definition) is 1. The van der Waals surface area contributed by atoms with Crippen molar-refractivity contribution in [1.82, 2.24) is 9.88 Å². The Balaban J connectivity index is 1.61. The molecule has 0 aliphatic rings. The van der Waals surface area contributed by atoms with Crippen LogP contribution < -0.4 is 15.8 Å². The number of nitrogens with zero attached hydrogens (tertiary/aromatic N) is 1. The highest BCUT2D eigenvalue weighted by molar-refractivity contribution is 9.10. The first kappa shape index (κ1) is 17.1. The topological polar surface area (TPSA) is 86.6 Å². The maximum absolute atomic E-state index is 11.9. The summed E-state index contributed by atoms with van der Waals surface area (Å²) in [7, 11) is 1.54. The minimum atomic E-state index is -0.478. The van der Waals surface area contributed by atoms with Gasteiger partial charge in [0.05, 0.1) is 12.6 Å². The standard InChI is InChI=1S/C17H15BrN2O5/c1-23-12-2-5-13-14(10-12)25-17(22)20(13)9-8-19-16(21)7-4-11-3-6-15(18)24-11/h2-7,10H,8-9H2,1H3,(H,19,21)/b7-4+. The van der Waals surface area contributed by atoms with Crippen LogP contribution in [0.3, 0.4) is 0 Å². The first-order chi connectivity index (χ1) is 12.1. The van der Waals surface area contributed by atoms with Crippen molar-refractivity contribution in [3.8, 4) is 5.75 Å². The van der Waals surface area contributed by atoms with Crippen molar-refractivity contribution < 1.29 is 18.4 Å². The van der Waals surface area contributed by atoms with E-state index in [9.17, 15) is 9.59 Å². The summed E-state index contributed by atoms with van der Waals surface area (Å²) in [4.78, 5) is 23.7. The highest BCUT2D eigenvalue weighted by Crippen LogP contribution is 2.19. The molecular weight excluding hydrogens is 392 g/mol. The Morgan fingerprint density at radius 3 is 2.88 bits per heavy atom. The summed E-state index contributed by atoms with van der Waals surface area (Å²) in [5.74, 6) is 0.410. The van der Waals surface area contributed by atoms with Gasteiger partial charge >= 0.3 is 5.76 Å². The number of rotatable bonds is 6. The molecule has 2 heterocycles. The summed E-state index contributed by atoms with van der Waals surface area (Å²) in [5.41, 5.74) is 1.09. The Hall–Kier alpha value is -2.74. The van der Waals surface area contributed by atoms with Gasteiger partial charge in [-0.3, -0.25) is 9.36 Å². The van der Waals surface area contributed by atoms with Gasteiger partial charge in [-0.05, 0) is 46.3 Å². The van der Waals surface area contributed by atoms with Gasteiger partial charge in [-0.25, -0.2) is 4.79 Å². The maximum atomic E-state index is 11.9. The van der Waals surface area contributed by atoms with E-state index in [-0.39, 0.29) is 12.5 Å². The lowest BCUT2D eigenvalue weighted by Gasteiger charge is -2.04. The largest absolute Gasteiger partial charge is 0.497 e. The number of carbonyl (C=O) groups is 1. The molecule has 0 atom stereocenters. The van der Waals surface area contributed by atoms with Crippen molar-refractivity contribution in [2.75, 3.05) is 13.7 Å². The molecule has 0 bridgehead atoms. The fourth-order valence-electron chi connectivity index (χ4n) is 2.31. The van der Waals surface area contributed by atoms with Gasteiger partial charge in [-0.2, -0.15) is 0 Å². The lowest BCUT2D eigenvalue weighted by Crippen LogP contribution is -2.28. The third-order valence-corrected chi connectivity index (χ3v) is 3.93. The lowest BCUT2D eigenvalue weighted by molar-refractivity contribution is -0.116. The zero-order valence-electron chi connectivity index (χ0n) is 13.3. The summed E-state index contributed by atoms with van der Waals surface area (Å²) >= 11 is 3.19. The van der Waals surface area contributed by atoms with Gasteiger partial charge in [0, 0.05) is 25.2 Å². The van der Waals surface area contributed by atoms with Crippen molar-refractivity contribution in [3.63, 3.8) is 0 Å². The molecule has 8 heteroatoms. The minimum Gasteiger partial charge on any atom is -0.497 e. The second-order valence-corrected chi connectivity index (χ2v) is 5.90. The third-order valence-electron chi connectivity index (χ3n) is 3.50. The average molecular weight is 407 g/mol. The number of oxazole rings is 1. The molecule has 1 N–H and O–H groups in total. The molecule has 0 aliphatic heterocycles. The fraction of sp³-hybridized carbons (Fsp3) is 0.176. The zero-order chi connectivity index (χ0) is 17.8. The summed E-state index contributed by atoms with van der Waals surface area (Å²) in [6.07, 6.45) is 2.93. The number of nitrogens with one attached hydrogen (secondary N) is 1. The molecule has 0 spiro atoms. The van der Waals surface area contributed by atoms with Crippen LogP contribution in [-0.2, 0) is 11.3 Å². The number of aromatic nitrogens is 1. The highest BCUT2D eigenvalue weighted by atomic mass is 79.9. The van der Waals surface area contributed by atoms with Crippen LogP contribution in [0, 0.1) is 0 Å². The number of ether oxygens (including phenoxy) is 1. The molecule has 3 rings (SSSR count). The van der Waals surface area contributed by atoms with Crippen LogP contribution in [0.2, 0.25) is 0 Å². The van der Waals surface area contributed by atoms with E-state index in [1.807, 2.05) is 0 Å². The Morgan fingerprint density at radius 1 is 1.32 bits per heavy atom. The molecule has 7 nitrogen and oxygen atoms in total. The quantitative estimate of drug-likeness (QED) is 0.636. The Bertz CT molecular complexity index is 982. The van der Waals surface area contributed by atoms with Crippen molar-refractivity contribution >= 4 is 39.0 Å². The van der Waals surface area contributed by atoms with E-state index in [4.69, 9.17) is 13.6 Å². The SMILES string of the molecule is COc1ccc2c(c1)oc(=O)n2CCNC(=O)/C=C/c1ccc(Br)o1. The molecule has 130 valence electrons. The van der Waals surface area contributed by atoms with Crippen LogP contribution in [0.4, 0.5) is 0 Å². The van der Waals surface area contributed by atoms with Crippen molar-refractivity contribution in [1.29, 1.82) is 0 Å². The summed E-state index contributed by atoms with van der Waals surface area (Å²) < 4.78 is 17.6. The van der Waals surface area contributed by atoms with Gasteiger partial charge in [0.1, 0.15) is 11.5 Å². The van der Waals surface area contributed by atoms with E-state index in [0.29, 0.717) is 33.8 Å². The van der Waals surface area contributed by atoms with Crippen LogP contribution in [-0.4, -0.2) is 24.1 Å². The number of amides is 1. The number of fused-ring (bicyclic) bond motifs is 1. The van der Waals surface area contributed by atoms with Crippen LogP contribution in [0.15, 0.2) is 54.7 Å². The predicted octanol–water partition coefficient (Wildman–Crippen LogP) is 2.79. The summed E-state index contributed by atoms with van der Waals surface area (Å²) in [5, 5.41) is 2.71. The van der Waals surface area contributed by atoms with Gasteiger partial charge in [0.2, 0.25) is 5.91 Å². The first-order valence-corrected chi connectivity index (χ1v) is 8.25. The Labute approximate surface area is 151 Å². The highest BCUT2D eigenvalue weighted by Gasteiger charge is 2.10. The van der Waals surface area contributed by atoms with Crippen LogP contribution in [0.25, 0.3) is 17.2 Å². The Morgan fingerprint density at radius 2 is 2.16 bits per heavy atom. The van der Waals surface area contributed by atoms with Gasteiger partial charge < -0.3 is 18.9 Å². The van der Waals surface area contributed by atoms with Crippen LogP contribution >= 0.6 is 15.9 Å². The minimum absolute atomic E-state index is 0.282. The Kier molecular flexibility index (Phi) is 5.08. The number of furan rings is 1. The molecule has 2 aromatic heterocycles. The smallest absolute Gasteiger partial charge is 0.420 e. The van der Waals surface area contributed by atoms with Crippen molar-refractivity contribution in [3.05, 3.63) is 57.4 Å². The number of hydrogen-bond acceptors (Lipinski definition) is 5. The molecule has 25 heavy (non-hydrogen) atoms. The molecule has 0 saturated heterocycles. The lowest BCUT2D eigenvalue weighted by atomic mass is 10.3. The summed E-state index contributed by atoms with van der Waals surface area (Å²) in [6, 6.07) is 8.62. The van der Waals surface area contributed by atoms with Gasteiger partial charge in [0.15, 0.2) is 10.3 Å². The van der Waals surface area contributed by atoms with E-state index in [1.54, 1.807) is 43.5 Å². The molecule has 0 unspecified atom stereocenters. The molecule has 0 radical (unpaired) electrons. The molecule has 0 aliphatic carbocycles. The molecule has 1 aromatic carbocycles. The van der Waals surface area contributed by atoms with Crippen LogP contribution in [0.5, 0.6) is 5.75 Å². The normalized spacial score (nSPS) is 11.3. The van der Waals surface area contributed by atoms with E-state index in [0.717, 1.165) is 0 Å². The summed E-state index contributed by atoms with van der Waals surface area (Å²) in [6.45, 7) is 0.579. The molecule has 0 saturated carbocycles. The van der Waals surface area contributed by atoms with Crippen LogP contribution in [0.1, 0.15) is 5.76 Å². The number of halogens is 1. The maximum Gasteiger partial charge on any atom is 0.420 e. The van der Waals surface area contributed by atoms with E-state index < -0.39 is 5.76 Å². The van der Waals surface area contributed by atoms with Gasteiger partial charge in [0.25, 0.3) is 0 Å². The second-order valence-electron chi connectivity index (χ2n) is 5.12. The van der Waals surface area contributed by atoms with Crippen molar-refractivity contribution in [2.45, 2.75) is 6.54 Å². The second kappa shape index (κ2) is 7.43. The monoisotopic (exact) mass is 406 g/mol. The first-order valence-electron chi connectivity index (χ1n) is 7.45. The molecule has 1 amide bonds. The fourth-order valence-corrected chi connectivity index (χ4v) is 2.63. The molecule has 0 fully saturated rings. The average Bonchev–Trinajstić information content (AvgIpc) is 3.15.